The molecule has 0 unspecified atom stereocenters. The van der Waals surface area contributed by atoms with Crippen LogP contribution in [0.3, 0.4) is 0 Å². The highest BCUT2D eigenvalue weighted by atomic mass is 32.2. The number of non-ortho nitro benzene ring substituents is 1. The summed E-state index contributed by atoms with van der Waals surface area (Å²) >= 11 is 0. The quantitative estimate of drug-likeness (QED) is 0.0165. The van der Waals surface area contributed by atoms with Crippen molar-refractivity contribution >= 4 is 61.0 Å². The van der Waals surface area contributed by atoms with Gasteiger partial charge in [-0.25, -0.2) is 0 Å². The largest absolute Gasteiger partial charge is 0.379 e. The van der Waals surface area contributed by atoms with Crippen molar-refractivity contribution in [3.05, 3.63) is 110 Å². The van der Waals surface area contributed by atoms with Crippen molar-refractivity contribution in [2.45, 2.75) is 56.3 Å². The molecule has 1 atom stereocenters. The van der Waals surface area contributed by atoms with Gasteiger partial charge < -0.3 is 47.9 Å². The van der Waals surface area contributed by atoms with Crippen LogP contribution in [0.15, 0.2) is 82.2 Å². The van der Waals surface area contributed by atoms with Crippen LogP contribution in [0.4, 0.5) is 28.4 Å². The molecule has 23 heteroatoms. The van der Waals surface area contributed by atoms with Gasteiger partial charge >= 0.3 is 0 Å². The predicted molar refractivity (Wildman–Crippen MR) is 275 cm³/mol. The molecular formula is C52H63N5O17S. The van der Waals surface area contributed by atoms with Crippen molar-refractivity contribution < 1.29 is 70.1 Å². The Labute approximate surface area is 433 Å². The molecule has 22 nitrogen and oxygen atoms in total. The third-order valence-electron chi connectivity index (χ3n) is 12.7. The molecule has 7 rings (SSSR count). The number of unbranched alkanes of at least 4 members (excludes halogenated alkanes) is 2. The van der Waals surface area contributed by atoms with E-state index in [0.717, 1.165) is 25.3 Å². The average molecular weight is 1060 g/mol. The molecule has 5 aromatic rings. The number of ether oxygens (including phenoxy) is 7. The normalized spacial score (nSPS) is 14.3. The predicted octanol–water partition coefficient (Wildman–Crippen LogP) is 7.94. The van der Waals surface area contributed by atoms with E-state index in [0.29, 0.717) is 194 Å². The highest BCUT2D eigenvalue weighted by Crippen LogP contribution is 2.47. The molecule has 1 aliphatic carbocycles. The number of aryl methyl sites for hydroxylation is 1. The molecule has 1 aromatic heterocycles. The standard InChI is InChI=1S/C52H63N5O17S/c58-47(15-4-6-20-68-22-24-70-26-28-72-30-32-73-31-29-71-27-25-69-23-21-67-19-5-3-9-37-16-17-40(56(60)61)34-45(37)57(62)63)38-10-8-18-55(36-38)46-35-44(53-39-11-7-12-41(33-39)75(64,65)66)48-49-50(46)54-74-52(49)43-14-2-1-13-42(43)51(48)59/h1-2,7,11-14,16-17,33-35,38,53H,3-6,8-10,15,18-32,36H2,(H,64,65,66)/t38-/m1/s1. The number of rotatable bonds is 35. The molecule has 1 fully saturated rings. The van der Waals surface area contributed by atoms with Crippen LogP contribution in [0.1, 0.15) is 66.4 Å². The number of hydrogen-bond acceptors (Lipinski definition) is 19. The van der Waals surface area contributed by atoms with Gasteiger partial charge in [-0.3, -0.25) is 34.4 Å². The summed E-state index contributed by atoms with van der Waals surface area (Å²) in [7, 11) is -4.48. The number of nitro groups is 2. The van der Waals surface area contributed by atoms with Crippen molar-refractivity contribution in [3.63, 3.8) is 0 Å². The fraction of sp³-hybridized carbons (Fsp3) is 0.481. The van der Waals surface area contributed by atoms with Crippen LogP contribution in [0.2, 0.25) is 0 Å². The molecule has 0 saturated carbocycles. The third kappa shape index (κ3) is 16.1. The number of nitro benzene ring substituents is 2. The van der Waals surface area contributed by atoms with Gasteiger partial charge in [0.05, 0.1) is 122 Å². The second kappa shape index (κ2) is 28.6. The Bertz CT molecular complexity index is 2840. The lowest BCUT2D eigenvalue weighted by atomic mass is 9.85. The maximum atomic E-state index is 14.1. The number of carbonyl (C=O) groups excluding carboxylic acids is 2. The highest BCUT2D eigenvalue weighted by molar-refractivity contribution is 7.85. The van der Waals surface area contributed by atoms with Crippen LogP contribution >= 0.6 is 0 Å². The Morgan fingerprint density at radius 1 is 0.733 bits per heavy atom. The molecular weight excluding hydrogens is 999 g/mol. The van der Waals surface area contributed by atoms with Crippen LogP contribution in [0.25, 0.3) is 22.2 Å². The first-order chi connectivity index (χ1) is 36.4. The molecule has 0 radical (unpaired) electrons. The van der Waals surface area contributed by atoms with E-state index >= 15 is 0 Å². The summed E-state index contributed by atoms with van der Waals surface area (Å²) in [6, 6.07) is 18.3. The molecule has 2 N–H and O–H groups in total. The highest BCUT2D eigenvalue weighted by Gasteiger charge is 2.35. The fourth-order valence-electron chi connectivity index (χ4n) is 8.93. The van der Waals surface area contributed by atoms with Gasteiger partial charge in [0.2, 0.25) is 0 Å². The van der Waals surface area contributed by atoms with E-state index in [4.69, 9.17) is 37.7 Å². The Hall–Kier alpha value is -6.28. The SMILES string of the molecule is O=C1c2ccccc2-c2onc3c(N4CCC[C@@H](C(=O)CCCCOCCOCCOCCOCCOCCOCCOCCCCc5ccc([N+](=O)[O-])cc5[N+](=O)[O-])C4)cc(Nc4cccc(S(=O)(=O)O)c4)c1c23. The second-order valence-corrected chi connectivity index (χ2v) is 19.3. The van der Waals surface area contributed by atoms with Crippen molar-refractivity contribution in [1.29, 1.82) is 0 Å². The molecule has 1 aliphatic heterocycles. The van der Waals surface area contributed by atoms with E-state index in [-0.39, 0.29) is 33.8 Å². The molecule has 2 aliphatic rings. The molecule has 1 saturated heterocycles. The minimum atomic E-state index is -4.48. The molecule has 75 heavy (non-hydrogen) atoms. The summed E-state index contributed by atoms with van der Waals surface area (Å²) in [4.78, 5) is 50.4. The number of carbonyl (C=O) groups is 2. The van der Waals surface area contributed by atoms with Gasteiger partial charge in [0, 0.05) is 67.1 Å². The number of ketones is 2. The Morgan fingerprint density at radius 2 is 1.33 bits per heavy atom. The Balaban J connectivity index is 0.690. The van der Waals surface area contributed by atoms with Gasteiger partial charge in [0.15, 0.2) is 11.5 Å². The number of hydrogen-bond donors (Lipinski definition) is 2. The Morgan fingerprint density at radius 3 is 1.93 bits per heavy atom. The van der Waals surface area contributed by atoms with E-state index in [9.17, 15) is 42.8 Å². The summed E-state index contributed by atoms with van der Waals surface area (Å²) in [5.74, 6) is 0.176. The molecule has 404 valence electrons. The average Bonchev–Trinajstić information content (AvgIpc) is 3.85. The lowest BCUT2D eigenvalue weighted by molar-refractivity contribution is -0.394. The van der Waals surface area contributed by atoms with Crippen LogP contribution in [0.5, 0.6) is 0 Å². The van der Waals surface area contributed by atoms with Gasteiger partial charge in [0.25, 0.3) is 21.5 Å². The summed E-state index contributed by atoms with van der Waals surface area (Å²) in [5.41, 5.74) is 3.26. The molecule has 0 spiro atoms. The van der Waals surface area contributed by atoms with E-state index in [1.165, 1.54) is 30.3 Å². The van der Waals surface area contributed by atoms with E-state index in [1.54, 1.807) is 24.3 Å². The molecule has 0 amide bonds. The first-order valence-electron chi connectivity index (χ1n) is 25.1. The number of piperidine rings is 1. The zero-order valence-electron chi connectivity index (χ0n) is 41.7. The zero-order chi connectivity index (χ0) is 53.0. The van der Waals surface area contributed by atoms with Crippen molar-refractivity contribution in [2.75, 3.05) is 116 Å². The first kappa shape index (κ1) is 56.4. The van der Waals surface area contributed by atoms with Gasteiger partial charge in [0.1, 0.15) is 11.3 Å². The van der Waals surface area contributed by atoms with Gasteiger partial charge in [-0.05, 0) is 75.3 Å². The van der Waals surface area contributed by atoms with Gasteiger partial charge in [-0.1, -0.05) is 35.5 Å². The minimum absolute atomic E-state index is 0.175. The number of anilines is 3. The van der Waals surface area contributed by atoms with Crippen LogP contribution in [0, 0.1) is 26.1 Å². The maximum Gasteiger partial charge on any atom is 0.294 e. The monoisotopic (exact) mass is 1060 g/mol. The molecule has 4 aromatic carbocycles. The van der Waals surface area contributed by atoms with Gasteiger partial charge in [-0.15, -0.1) is 0 Å². The molecule has 0 bridgehead atoms. The third-order valence-corrected chi connectivity index (χ3v) is 13.5. The van der Waals surface area contributed by atoms with Crippen LogP contribution in [-0.2, 0) is 54.5 Å². The topological polar surface area (TPSA) is 281 Å². The fourth-order valence-corrected chi connectivity index (χ4v) is 9.45. The van der Waals surface area contributed by atoms with Crippen molar-refractivity contribution in [2.24, 2.45) is 5.92 Å². The Kier molecular flexibility index (Phi) is 21.5. The summed E-state index contributed by atoms with van der Waals surface area (Å²) in [6.07, 6.45) is 5.10. The van der Waals surface area contributed by atoms with E-state index in [1.807, 2.05) is 12.1 Å². The number of benzene rings is 4. The maximum absolute atomic E-state index is 14.1. The zero-order valence-corrected chi connectivity index (χ0v) is 42.5. The summed E-state index contributed by atoms with van der Waals surface area (Å²) < 4.78 is 78.5. The second-order valence-electron chi connectivity index (χ2n) is 17.8. The minimum Gasteiger partial charge on any atom is -0.379 e. The lowest BCUT2D eigenvalue weighted by Crippen LogP contribution is -2.39. The molecule has 2 heterocycles. The van der Waals surface area contributed by atoms with E-state index in [2.05, 4.69) is 15.4 Å². The van der Waals surface area contributed by atoms with Gasteiger partial charge in [-0.2, -0.15) is 8.42 Å². The number of nitrogens with zero attached hydrogens (tertiary/aromatic N) is 4. The summed E-state index contributed by atoms with van der Waals surface area (Å²) in [6.45, 7) is 7.10. The van der Waals surface area contributed by atoms with Crippen molar-refractivity contribution in [1.82, 2.24) is 5.16 Å². The van der Waals surface area contributed by atoms with Crippen LogP contribution in [-0.4, -0.2) is 145 Å². The van der Waals surface area contributed by atoms with E-state index < -0.39 is 20.0 Å². The number of nitrogens with one attached hydrogen (secondary N) is 1. The number of Topliss-reactive ketones (excluding diaryl/α,β-unsaturated/α-hetero) is 1. The van der Waals surface area contributed by atoms with Crippen molar-refractivity contribution in [3.8, 4) is 11.3 Å². The number of fused-ring (bicyclic) bond motifs is 2. The summed E-state index contributed by atoms with van der Waals surface area (Å²) in [5, 5.41) is 30.4. The lowest BCUT2D eigenvalue weighted by Gasteiger charge is -2.34. The van der Waals surface area contributed by atoms with Crippen LogP contribution < -0.4 is 10.2 Å². The number of aromatic nitrogens is 1. The smallest absolute Gasteiger partial charge is 0.294 e. The first-order valence-corrected chi connectivity index (χ1v) is 26.5.